The summed E-state index contributed by atoms with van der Waals surface area (Å²) in [6.45, 7) is 5.07. The van der Waals surface area contributed by atoms with Gasteiger partial charge in [-0.15, -0.1) is 0 Å². The van der Waals surface area contributed by atoms with E-state index in [4.69, 9.17) is 20.9 Å². The molecule has 4 N–H and O–H groups in total. The Bertz CT molecular complexity index is 1440. The third kappa shape index (κ3) is 7.02. The van der Waals surface area contributed by atoms with Crippen molar-refractivity contribution in [2.24, 2.45) is 5.73 Å². The Morgan fingerprint density at radius 1 is 0.949 bits per heavy atom. The summed E-state index contributed by atoms with van der Waals surface area (Å²) in [7, 11) is 0. The second kappa shape index (κ2) is 11.7. The smallest absolute Gasteiger partial charge is 0.323 e. The Kier molecular flexibility index (Phi) is 8.80. The van der Waals surface area contributed by atoms with Crippen molar-refractivity contribution in [1.82, 2.24) is 4.57 Å². The molecule has 8 nitrogen and oxygen atoms in total. The van der Waals surface area contributed by atoms with Gasteiger partial charge in [0.05, 0.1) is 17.7 Å². The van der Waals surface area contributed by atoms with Gasteiger partial charge in [-0.2, -0.15) is 0 Å². The van der Waals surface area contributed by atoms with E-state index in [0.717, 1.165) is 36.4 Å². The molecule has 0 aliphatic rings. The number of ketones is 1. The molecule has 0 aliphatic heterocycles. The van der Waals surface area contributed by atoms with Crippen LogP contribution in [0.1, 0.15) is 49.5 Å². The van der Waals surface area contributed by atoms with E-state index in [9.17, 15) is 23.2 Å². The molecule has 0 amide bonds. The molecule has 0 radical (unpaired) electrons. The van der Waals surface area contributed by atoms with Crippen LogP contribution in [0.15, 0.2) is 47.3 Å². The Hall–Kier alpha value is -4.19. The molecule has 1 atom stereocenters. The second-order valence-electron chi connectivity index (χ2n) is 9.63. The first-order chi connectivity index (χ1) is 18.2. The van der Waals surface area contributed by atoms with Gasteiger partial charge in [-0.1, -0.05) is 0 Å². The van der Waals surface area contributed by atoms with Crippen molar-refractivity contribution in [3.05, 3.63) is 87.2 Å². The molecule has 1 aromatic heterocycles. The fraction of sp³-hybridized carbons (Fsp3) is 0.296. The van der Waals surface area contributed by atoms with Crippen LogP contribution < -0.4 is 21.8 Å². The summed E-state index contributed by atoms with van der Waals surface area (Å²) in [6, 6.07) is 4.76. The summed E-state index contributed by atoms with van der Waals surface area (Å²) in [5.74, 6) is -7.05. The molecular formula is C27H27F4N3O5. The highest BCUT2D eigenvalue weighted by molar-refractivity contribution is 6.11. The highest BCUT2D eigenvalue weighted by Crippen LogP contribution is 2.27. The molecule has 0 bridgehead atoms. The number of rotatable bonds is 9. The number of esters is 1. The third-order valence-corrected chi connectivity index (χ3v) is 5.40. The van der Waals surface area contributed by atoms with Crippen LogP contribution in [0.25, 0.3) is 5.69 Å². The summed E-state index contributed by atoms with van der Waals surface area (Å²) in [5, 5.41) is 0. The van der Waals surface area contributed by atoms with Crippen molar-refractivity contribution >= 4 is 17.6 Å². The number of aromatic nitrogens is 1. The van der Waals surface area contributed by atoms with E-state index in [1.807, 2.05) is 0 Å². The van der Waals surface area contributed by atoms with Gasteiger partial charge >= 0.3 is 5.97 Å². The van der Waals surface area contributed by atoms with Gasteiger partial charge in [-0.05, 0) is 51.8 Å². The maximum absolute atomic E-state index is 15.0. The number of hydrogen-bond donors (Lipinski definition) is 2. The minimum Gasteiger partial charge on any atom is -0.493 e. The zero-order chi connectivity index (χ0) is 29.1. The predicted octanol–water partition coefficient (Wildman–Crippen LogP) is 4.04. The fourth-order valence-corrected chi connectivity index (χ4v) is 3.62. The van der Waals surface area contributed by atoms with Gasteiger partial charge in [0, 0.05) is 24.3 Å². The third-order valence-electron chi connectivity index (χ3n) is 5.40. The van der Waals surface area contributed by atoms with Crippen LogP contribution in [-0.4, -0.2) is 34.6 Å². The Labute approximate surface area is 221 Å². The first kappa shape index (κ1) is 29.4. The number of nitrogens with two attached hydrogens (primary N) is 2. The van der Waals surface area contributed by atoms with Crippen molar-refractivity contribution in [1.29, 1.82) is 0 Å². The number of hydrogen-bond acceptors (Lipinski definition) is 7. The first-order valence-electron chi connectivity index (χ1n) is 11.8. The van der Waals surface area contributed by atoms with Crippen LogP contribution in [0.5, 0.6) is 5.75 Å². The van der Waals surface area contributed by atoms with Crippen LogP contribution in [0.2, 0.25) is 0 Å². The number of halogens is 4. The molecule has 3 aromatic rings. The van der Waals surface area contributed by atoms with Crippen molar-refractivity contribution in [3.8, 4) is 11.4 Å². The monoisotopic (exact) mass is 549 g/mol. The van der Waals surface area contributed by atoms with E-state index < -0.39 is 74.9 Å². The number of carbonyl (C=O) groups is 2. The Morgan fingerprint density at radius 2 is 1.56 bits per heavy atom. The van der Waals surface area contributed by atoms with Crippen molar-refractivity contribution < 1.29 is 36.6 Å². The van der Waals surface area contributed by atoms with Crippen molar-refractivity contribution in [2.75, 3.05) is 12.3 Å². The van der Waals surface area contributed by atoms with E-state index in [0.29, 0.717) is 10.6 Å². The van der Waals surface area contributed by atoms with Crippen LogP contribution in [0.3, 0.4) is 0 Å². The van der Waals surface area contributed by atoms with Crippen LogP contribution in [0.4, 0.5) is 23.4 Å². The van der Waals surface area contributed by atoms with Gasteiger partial charge in [-0.3, -0.25) is 19.0 Å². The van der Waals surface area contributed by atoms with Gasteiger partial charge < -0.3 is 20.9 Å². The molecule has 3 rings (SSSR count). The maximum Gasteiger partial charge on any atom is 0.323 e. The van der Waals surface area contributed by atoms with E-state index in [-0.39, 0.29) is 25.2 Å². The van der Waals surface area contributed by atoms with Gasteiger partial charge in [0.1, 0.15) is 40.5 Å². The lowest BCUT2D eigenvalue weighted by Gasteiger charge is -2.22. The average Bonchev–Trinajstić information content (AvgIpc) is 2.82. The van der Waals surface area contributed by atoms with Crippen LogP contribution >= 0.6 is 0 Å². The first-order valence-corrected chi connectivity index (χ1v) is 11.8. The SMILES string of the molecule is CC(C)(C)OC(=O)[C@@H](N)CCCOc1cc(F)c(-n2c(N)c(C(=O)c3ccc(F)cc3F)ccc2=O)c(F)c1. The second-order valence-corrected chi connectivity index (χ2v) is 9.63. The number of carbonyl (C=O) groups excluding carboxylic acids is 2. The molecule has 0 fully saturated rings. The summed E-state index contributed by atoms with van der Waals surface area (Å²) < 4.78 is 68.4. The van der Waals surface area contributed by atoms with E-state index in [1.54, 1.807) is 20.8 Å². The lowest BCUT2D eigenvalue weighted by atomic mass is 10.0. The van der Waals surface area contributed by atoms with E-state index >= 15 is 8.78 Å². The average molecular weight is 550 g/mol. The van der Waals surface area contributed by atoms with E-state index in [1.165, 1.54) is 0 Å². The molecule has 0 saturated carbocycles. The predicted molar refractivity (Wildman–Crippen MR) is 135 cm³/mol. The molecule has 12 heteroatoms. The molecule has 2 aromatic carbocycles. The minimum absolute atomic E-state index is 0.0377. The molecule has 0 aliphatic carbocycles. The summed E-state index contributed by atoms with van der Waals surface area (Å²) >= 11 is 0. The largest absolute Gasteiger partial charge is 0.493 e. The van der Waals surface area contributed by atoms with Crippen molar-refractivity contribution in [2.45, 2.75) is 45.3 Å². The molecular weight excluding hydrogens is 522 g/mol. The quantitative estimate of drug-likeness (QED) is 0.179. The highest BCUT2D eigenvalue weighted by Gasteiger charge is 2.24. The molecule has 1 heterocycles. The minimum atomic E-state index is -1.23. The van der Waals surface area contributed by atoms with Crippen LogP contribution in [-0.2, 0) is 9.53 Å². The molecule has 208 valence electrons. The highest BCUT2D eigenvalue weighted by atomic mass is 19.1. The fourth-order valence-electron chi connectivity index (χ4n) is 3.62. The zero-order valence-corrected chi connectivity index (χ0v) is 21.4. The van der Waals surface area contributed by atoms with Gasteiger partial charge in [0.25, 0.3) is 5.56 Å². The summed E-state index contributed by atoms with van der Waals surface area (Å²) in [5.41, 5.74) is 8.20. The van der Waals surface area contributed by atoms with Gasteiger partial charge in [-0.25, -0.2) is 17.6 Å². The molecule has 39 heavy (non-hydrogen) atoms. The Morgan fingerprint density at radius 3 is 2.15 bits per heavy atom. The topological polar surface area (TPSA) is 127 Å². The lowest BCUT2D eigenvalue weighted by Crippen LogP contribution is -2.37. The van der Waals surface area contributed by atoms with Gasteiger partial charge in [0.2, 0.25) is 0 Å². The number of nitrogens with zero attached hydrogens (tertiary/aromatic N) is 1. The standard InChI is InChI=1S/C27H27F4N3O5/c1-27(2,3)39-26(37)21(32)5-4-10-38-15-12-19(30)23(20(31)13-15)34-22(35)9-8-17(25(34)33)24(36)16-7-6-14(28)11-18(16)29/h6-9,11-13,21H,4-5,10,32-33H2,1-3H3/t21-/m0/s1. The summed E-state index contributed by atoms with van der Waals surface area (Å²) in [6.07, 6.45) is 0.460. The number of nitrogen functional groups attached to an aromatic ring is 1. The normalized spacial score (nSPS) is 12.2. The van der Waals surface area contributed by atoms with Crippen LogP contribution in [0, 0.1) is 23.3 Å². The number of benzene rings is 2. The Balaban J connectivity index is 1.80. The van der Waals surface area contributed by atoms with Gasteiger partial charge in [0.15, 0.2) is 17.4 Å². The maximum atomic E-state index is 15.0. The number of anilines is 1. The number of ether oxygens (including phenoxy) is 2. The number of pyridine rings is 1. The molecule has 0 saturated heterocycles. The molecule has 0 spiro atoms. The van der Waals surface area contributed by atoms with Crippen molar-refractivity contribution in [3.63, 3.8) is 0 Å². The molecule has 0 unspecified atom stereocenters. The van der Waals surface area contributed by atoms with E-state index in [2.05, 4.69) is 0 Å². The summed E-state index contributed by atoms with van der Waals surface area (Å²) in [4.78, 5) is 37.3. The lowest BCUT2D eigenvalue weighted by molar-refractivity contribution is -0.156. The zero-order valence-electron chi connectivity index (χ0n) is 21.4.